The van der Waals surface area contributed by atoms with Crippen molar-refractivity contribution in [2.75, 3.05) is 21.3 Å². The molecule has 180 valence electrons. The van der Waals surface area contributed by atoms with Crippen molar-refractivity contribution < 1.29 is 38.1 Å². The van der Waals surface area contributed by atoms with Crippen LogP contribution >= 0.6 is 0 Å². The molecule has 1 saturated heterocycles. The van der Waals surface area contributed by atoms with Crippen molar-refractivity contribution in [2.45, 2.75) is 12.6 Å². The fourth-order valence-corrected chi connectivity index (χ4v) is 4.02. The monoisotopic (exact) mass is 477 g/mol. The van der Waals surface area contributed by atoms with Gasteiger partial charge in [-0.1, -0.05) is 12.1 Å². The molecule has 35 heavy (non-hydrogen) atoms. The van der Waals surface area contributed by atoms with E-state index in [4.69, 9.17) is 18.6 Å². The molecule has 1 aromatic heterocycles. The van der Waals surface area contributed by atoms with E-state index in [9.17, 15) is 19.5 Å². The Bertz CT molecular complexity index is 1290. The summed E-state index contributed by atoms with van der Waals surface area (Å²) in [6, 6.07) is 13.4. The number of carbonyl (C=O) groups is 3. The molecule has 0 unspecified atom stereocenters. The molecule has 2 aromatic carbocycles. The maximum absolute atomic E-state index is 13.2. The van der Waals surface area contributed by atoms with Gasteiger partial charge in [0.25, 0.3) is 11.7 Å². The van der Waals surface area contributed by atoms with Crippen LogP contribution in [0.3, 0.4) is 0 Å². The number of hydrogen-bond donors (Lipinski definition) is 1. The van der Waals surface area contributed by atoms with Crippen LogP contribution in [0, 0.1) is 0 Å². The highest BCUT2D eigenvalue weighted by Crippen LogP contribution is 2.41. The minimum absolute atomic E-state index is 0.00368. The highest BCUT2D eigenvalue weighted by atomic mass is 16.5. The van der Waals surface area contributed by atoms with Gasteiger partial charge in [0.15, 0.2) is 11.5 Å². The van der Waals surface area contributed by atoms with Crippen molar-refractivity contribution in [3.05, 3.63) is 88.9 Å². The van der Waals surface area contributed by atoms with Gasteiger partial charge >= 0.3 is 5.97 Å². The molecular weight excluding hydrogens is 454 g/mol. The van der Waals surface area contributed by atoms with E-state index in [0.29, 0.717) is 28.4 Å². The summed E-state index contributed by atoms with van der Waals surface area (Å²) >= 11 is 0. The third-order valence-electron chi connectivity index (χ3n) is 5.75. The second-order valence-electron chi connectivity index (χ2n) is 7.69. The van der Waals surface area contributed by atoms with Crippen LogP contribution in [-0.2, 0) is 20.9 Å². The number of furan rings is 1. The first kappa shape index (κ1) is 23.6. The Morgan fingerprint density at radius 3 is 2.26 bits per heavy atom. The Kier molecular flexibility index (Phi) is 6.59. The summed E-state index contributed by atoms with van der Waals surface area (Å²) in [6.45, 7) is 0.00368. The van der Waals surface area contributed by atoms with Gasteiger partial charge < -0.3 is 28.6 Å². The molecule has 1 N–H and O–H groups in total. The van der Waals surface area contributed by atoms with Gasteiger partial charge in [0.2, 0.25) is 0 Å². The molecule has 2 heterocycles. The highest BCUT2D eigenvalue weighted by molar-refractivity contribution is 6.46. The maximum atomic E-state index is 13.2. The summed E-state index contributed by atoms with van der Waals surface area (Å²) in [4.78, 5) is 39.4. The lowest BCUT2D eigenvalue weighted by Crippen LogP contribution is -2.29. The molecule has 4 rings (SSSR count). The third kappa shape index (κ3) is 4.35. The zero-order chi connectivity index (χ0) is 25.1. The normalized spacial score (nSPS) is 16.9. The number of methoxy groups -OCH3 is 3. The molecule has 1 aliphatic rings. The highest BCUT2D eigenvalue weighted by Gasteiger charge is 2.46. The SMILES string of the molecule is COC(=O)c1ccc([C@H]2C(=C(O)c3ccc(OC)c(OC)c3)C(=O)C(=O)N2Cc2ccco2)cc1. The third-order valence-corrected chi connectivity index (χ3v) is 5.75. The molecule has 9 heteroatoms. The molecule has 1 atom stereocenters. The molecule has 0 spiro atoms. The standard InChI is InChI=1S/C26H23NO8/c1-32-19-11-10-17(13-20(19)33-2)23(28)21-22(15-6-8-16(9-7-15)26(31)34-3)27(25(30)24(21)29)14-18-5-4-12-35-18/h4-13,22,28H,14H2,1-3H3/t22-/m0/s1. The fourth-order valence-electron chi connectivity index (χ4n) is 4.02. The molecule has 1 aliphatic heterocycles. The number of hydrogen-bond acceptors (Lipinski definition) is 8. The number of amides is 1. The molecule has 9 nitrogen and oxygen atoms in total. The number of Topliss-reactive ketones (excluding diaryl/α,β-unsaturated/α-hetero) is 1. The smallest absolute Gasteiger partial charge is 0.337 e. The number of nitrogens with zero attached hydrogens (tertiary/aromatic N) is 1. The Labute approximate surface area is 201 Å². The van der Waals surface area contributed by atoms with Gasteiger partial charge in [-0.25, -0.2) is 4.79 Å². The molecule has 1 amide bonds. The van der Waals surface area contributed by atoms with Gasteiger partial charge in [0, 0.05) is 5.56 Å². The van der Waals surface area contributed by atoms with Gasteiger partial charge in [0.05, 0.1) is 51.3 Å². The summed E-state index contributed by atoms with van der Waals surface area (Å²) in [5, 5.41) is 11.2. The number of ether oxygens (including phenoxy) is 3. The Hall–Kier alpha value is -4.53. The van der Waals surface area contributed by atoms with Gasteiger partial charge in [-0.2, -0.15) is 0 Å². The van der Waals surface area contributed by atoms with Crippen LogP contribution in [0.4, 0.5) is 0 Å². The zero-order valence-electron chi connectivity index (χ0n) is 19.3. The minimum atomic E-state index is -0.931. The first-order chi connectivity index (χ1) is 16.9. The lowest BCUT2D eigenvalue weighted by atomic mass is 9.94. The van der Waals surface area contributed by atoms with E-state index >= 15 is 0 Å². The molecule has 0 saturated carbocycles. The number of rotatable bonds is 7. The van der Waals surface area contributed by atoms with Crippen LogP contribution in [0.1, 0.15) is 33.3 Å². The second-order valence-corrected chi connectivity index (χ2v) is 7.69. The topological polar surface area (TPSA) is 116 Å². The van der Waals surface area contributed by atoms with E-state index < -0.39 is 23.7 Å². The van der Waals surface area contributed by atoms with Crippen LogP contribution in [0.2, 0.25) is 0 Å². The van der Waals surface area contributed by atoms with E-state index in [1.807, 2.05) is 0 Å². The van der Waals surface area contributed by atoms with Crippen molar-refractivity contribution in [1.29, 1.82) is 0 Å². The first-order valence-corrected chi connectivity index (χ1v) is 10.6. The van der Waals surface area contributed by atoms with Crippen LogP contribution in [0.25, 0.3) is 5.76 Å². The van der Waals surface area contributed by atoms with E-state index in [0.717, 1.165) is 0 Å². The largest absolute Gasteiger partial charge is 0.507 e. The lowest BCUT2D eigenvalue weighted by molar-refractivity contribution is -0.140. The van der Waals surface area contributed by atoms with Gasteiger partial charge in [0.1, 0.15) is 11.5 Å². The fraction of sp³-hybridized carbons (Fsp3) is 0.192. The van der Waals surface area contributed by atoms with Crippen LogP contribution in [0.15, 0.2) is 70.9 Å². The van der Waals surface area contributed by atoms with Crippen LogP contribution < -0.4 is 9.47 Å². The molecule has 1 fully saturated rings. The van der Waals surface area contributed by atoms with E-state index in [1.165, 1.54) is 50.7 Å². The maximum Gasteiger partial charge on any atom is 0.337 e. The van der Waals surface area contributed by atoms with Crippen molar-refractivity contribution in [3.8, 4) is 11.5 Å². The number of esters is 1. The first-order valence-electron chi connectivity index (χ1n) is 10.6. The minimum Gasteiger partial charge on any atom is -0.507 e. The van der Waals surface area contributed by atoms with E-state index in [2.05, 4.69) is 0 Å². The summed E-state index contributed by atoms with van der Waals surface area (Å²) in [5.74, 6) is -1.26. The van der Waals surface area contributed by atoms with Gasteiger partial charge in [-0.05, 0) is 48.0 Å². The quantitative estimate of drug-likeness (QED) is 0.237. The van der Waals surface area contributed by atoms with Gasteiger partial charge in [-0.15, -0.1) is 0 Å². The van der Waals surface area contributed by atoms with E-state index in [1.54, 1.807) is 36.4 Å². The summed E-state index contributed by atoms with van der Waals surface area (Å²) < 4.78 is 20.7. The Morgan fingerprint density at radius 2 is 1.66 bits per heavy atom. The number of aliphatic hydroxyl groups excluding tert-OH is 1. The predicted octanol–water partition coefficient (Wildman–Crippen LogP) is 3.71. The molecule has 0 aliphatic carbocycles. The van der Waals surface area contributed by atoms with Crippen LogP contribution in [0.5, 0.6) is 11.5 Å². The number of benzene rings is 2. The van der Waals surface area contributed by atoms with Crippen molar-refractivity contribution in [1.82, 2.24) is 4.90 Å². The number of aliphatic hydroxyl groups is 1. The zero-order valence-corrected chi connectivity index (χ0v) is 19.3. The number of carbonyl (C=O) groups excluding carboxylic acids is 3. The summed E-state index contributed by atoms with van der Waals surface area (Å²) in [5.41, 5.74) is 0.999. The van der Waals surface area contributed by atoms with Gasteiger partial charge in [-0.3, -0.25) is 9.59 Å². The molecule has 0 radical (unpaired) electrons. The second kappa shape index (κ2) is 9.76. The van der Waals surface area contributed by atoms with E-state index in [-0.39, 0.29) is 23.4 Å². The number of likely N-dealkylation sites (tertiary alicyclic amines) is 1. The predicted molar refractivity (Wildman–Crippen MR) is 124 cm³/mol. The van der Waals surface area contributed by atoms with Crippen LogP contribution in [-0.4, -0.2) is 49.0 Å². The average Bonchev–Trinajstić information content (AvgIpc) is 3.49. The molecule has 3 aromatic rings. The Morgan fingerprint density at radius 1 is 0.971 bits per heavy atom. The van der Waals surface area contributed by atoms with Crippen molar-refractivity contribution in [3.63, 3.8) is 0 Å². The average molecular weight is 477 g/mol. The summed E-state index contributed by atoms with van der Waals surface area (Å²) in [7, 11) is 4.21. The van der Waals surface area contributed by atoms with Crippen molar-refractivity contribution >= 4 is 23.4 Å². The lowest BCUT2D eigenvalue weighted by Gasteiger charge is -2.24. The molecule has 0 bridgehead atoms. The molecular formula is C26H23NO8. The van der Waals surface area contributed by atoms with Crippen molar-refractivity contribution in [2.24, 2.45) is 0 Å². The Balaban J connectivity index is 1.85. The number of ketones is 1. The summed E-state index contributed by atoms with van der Waals surface area (Å²) in [6.07, 6.45) is 1.47.